The Morgan fingerprint density at radius 2 is 2.00 bits per heavy atom. The molecular weight excluding hydrogens is 556 g/mol. The van der Waals surface area contributed by atoms with Gasteiger partial charge in [0.25, 0.3) is 11.5 Å². The molecule has 37 heavy (non-hydrogen) atoms. The standard InChI is InChI=1S/C27H25BrN4O4S/c1-35-22-12-18(8-11-21(22)36-15-17-6-9-19(28)10-7-17)13-30-31-24(33)14-32-16-29-26-25(27(32)34)20-4-2-3-5-23(20)37-26/h6-13,16H,2-5,14-15H2,1H3,(H,31,33)/b30-13+. The Morgan fingerprint density at radius 1 is 1.19 bits per heavy atom. The van der Waals surface area contributed by atoms with E-state index >= 15 is 0 Å². The van der Waals surface area contributed by atoms with E-state index in [9.17, 15) is 9.59 Å². The number of carbonyl (C=O) groups is 1. The Kier molecular flexibility index (Phi) is 7.66. The second-order valence-corrected chi connectivity index (χ2v) is 10.7. The molecule has 10 heteroatoms. The highest BCUT2D eigenvalue weighted by atomic mass is 79.9. The minimum atomic E-state index is -0.412. The molecule has 5 rings (SSSR count). The van der Waals surface area contributed by atoms with Crippen molar-refractivity contribution in [2.24, 2.45) is 5.10 Å². The molecule has 4 aromatic rings. The van der Waals surface area contributed by atoms with E-state index in [4.69, 9.17) is 9.47 Å². The number of carbonyl (C=O) groups excluding carboxylic acids is 1. The van der Waals surface area contributed by atoms with Gasteiger partial charge in [0.2, 0.25) is 0 Å². The van der Waals surface area contributed by atoms with E-state index in [0.29, 0.717) is 23.5 Å². The number of nitrogens with one attached hydrogen (secondary N) is 1. The van der Waals surface area contributed by atoms with Crippen LogP contribution in [0.1, 0.15) is 34.4 Å². The maximum atomic E-state index is 13.0. The fourth-order valence-electron chi connectivity index (χ4n) is 4.29. The molecule has 0 saturated heterocycles. The molecule has 1 N–H and O–H groups in total. The maximum absolute atomic E-state index is 13.0. The Labute approximate surface area is 226 Å². The first-order chi connectivity index (χ1) is 18.0. The molecule has 0 unspecified atom stereocenters. The molecule has 0 spiro atoms. The molecule has 1 aliphatic rings. The van der Waals surface area contributed by atoms with Crippen molar-refractivity contribution in [3.63, 3.8) is 0 Å². The van der Waals surface area contributed by atoms with Gasteiger partial charge < -0.3 is 9.47 Å². The summed E-state index contributed by atoms with van der Waals surface area (Å²) in [6.07, 6.45) is 7.05. The van der Waals surface area contributed by atoms with Crippen LogP contribution in [0.25, 0.3) is 10.2 Å². The molecule has 8 nitrogen and oxygen atoms in total. The molecule has 2 aromatic heterocycles. The van der Waals surface area contributed by atoms with Crippen LogP contribution in [0, 0.1) is 0 Å². The highest BCUT2D eigenvalue weighted by Gasteiger charge is 2.20. The van der Waals surface area contributed by atoms with Crippen LogP contribution in [0.5, 0.6) is 11.5 Å². The molecule has 2 heterocycles. The first-order valence-corrected chi connectivity index (χ1v) is 13.5. The summed E-state index contributed by atoms with van der Waals surface area (Å²) in [5, 5.41) is 4.70. The number of rotatable bonds is 8. The van der Waals surface area contributed by atoms with Crippen molar-refractivity contribution in [1.82, 2.24) is 15.0 Å². The number of halogens is 1. The molecule has 0 bridgehead atoms. The average molecular weight is 581 g/mol. The van der Waals surface area contributed by atoms with Crippen molar-refractivity contribution in [1.29, 1.82) is 0 Å². The van der Waals surface area contributed by atoms with Crippen LogP contribution in [0.15, 0.2) is 63.2 Å². The second-order valence-electron chi connectivity index (χ2n) is 8.69. The van der Waals surface area contributed by atoms with E-state index in [2.05, 4.69) is 31.4 Å². The third kappa shape index (κ3) is 5.75. The van der Waals surface area contributed by atoms with Gasteiger partial charge in [0.15, 0.2) is 11.5 Å². The van der Waals surface area contributed by atoms with Crippen LogP contribution in [-0.4, -0.2) is 28.8 Å². The molecule has 190 valence electrons. The predicted octanol–water partition coefficient (Wildman–Crippen LogP) is 4.84. The van der Waals surface area contributed by atoms with Crippen molar-refractivity contribution < 1.29 is 14.3 Å². The lowest BCUT2D eigenvalue weighted by Gasteiger charge is -2.11. The average Bonchev–Trinajstić information content (AvgIpc) is 3.29. The SMILES string of the molecule is COc1cc(/C=N/NC(=O)Cn2cnc3sc4c(c3c2=O)CCCC4)ccc1OCc1ccc(Br)cc1. The lowest BCUT2D eigenvalue weighted by Crippen LogP contribution is -2.30. The lowest BCUT2D eigenvalue weighted by atomic mass is 9.97. The molecule has 0 atom stereocenters. The number of hydrogen-bond donors (Lipinski definition) is 1. The minimum absolute atomic E-state index is 0.157. The van der Waals surface area contributed by atoms with Crippen LogP contribution >= 0.6 is 27.3 Å². The van der Waals surface area contributed by atoms with Crippen LogP contribution in [0.2, 0.25) is 0 Å². The summed E-state index contributed by atoms with van der Waals surface area (Å²) < 4.78 is 13.7. The molecule has 0 aliphatic heterocycles. The van der Waals surface area contributed by atoms with Gasteiger partial charge in [0.1, 0.15) is 18.0 Å². The number of thiophene rings is 1. The summed E-state index contributed by atoms with van der Waals surface area (Å²) in [7, 11) is 1.57. The zero-order valence-corrected chi connectivity index (χ0v) is 22.6. The van der Waals surface area contributed by atoms with Crippen LogP contribution in [0.4, 0.5) is 0 Å². The van der Waals surface area contributed by atoms with Crippen molar-refractivity contribution in [2.75, 3.05) is 7.11 Å². The number of hydrogen-bond acceptors (Lipinski definition) is 7. The van der Waals surface area contributed by atoms with Crippen LogP contribution < -0.4 is 20.5 Å². The number of methoxy groups -OCH3 is 1. The summed E-state index contributed by atoms with van der Waals surface area (Å²) in [5.41, 5.74) is 5.17. The Bertz CT molecular complexity index is 1530. The number of nitrogens with zero attached hydrogens (tertiary/aromatic N) is 3. The number of fused-ring (bicyclic) bond motifs is 3. The quantitative estimate of drug-likeness (QED) is 0.238. The predicted molar refractivity (Wildman–Crippen MR) is 148 cm³/mol. The monoisotopic (exact) mass is 580 g/mol. The van der Waals surface area contributed by atoms with Gasteiger partial charge in [-0.05, 0) is 72.7 Å². The van der Waals surface area contributed by atoms with E-state index in [-0.39, 0.29) is 12.1 Å². The number of aromatic nitrogens is 2. The van der Waals surface area contributed by atoms with Gasteiger partial charge in [-0.2, -0.15) is 5.10 Å². The van der Waals surface area contributed by atoms with Crippen LogP contribution in [0.3, 0.4) is 0 Å². The maximum Gasteiger partial charge on any atom is 0.262 e. The number of aryl methyl sites for hydroxylation is 2. The van der Waals surface area contributed by atoms with Crippen molar-refractivity contribution in [3.8, 4) is 11.5 Å². The smallest absolute Gasteiger partial charge is 0.262 e. The first kappa shape index (κ1) is 25.2. The number of hydrazone groups is 1. The Morgan fingerprint density at radius 3 is 2.81 bits per heavy atom. The second kappa shape index (κ2) is 11.3. The first-order valence-electron chi connectivity index (χ1n) is 11.9. The topological polar surface area (TPSA) is 94.8 Å². The van der Waals surface area contributed by atoms with Gasteiger partial charge in [-0.3, -0.25) is 14.2 Å². The van der Waals surface area contributed by atoms with E-state index in [1.54, 1.807) is 30.6 Å². The third-order valence-electron chi connectivity index (χ3n) is 6.15. The summed E-state index contributed by atoms with van der Waals surface area (Å²) in [6.45, 7) is 0.247. The van der Waals surface area contributed by atoms with E-state index in [1.165, 1.54) is 22.0 Å². The zero-order valence-electron chi connectivity index (χ0n) is 20.2. The molecular formula is C27H25BrN4O4S. The van der Waals surface area contributed by atoms with Gasteiger partial charge in [-0.1, -0.05) is 28.1 Å². The largest absolute Gasteiger partial charge is 0.493 e. The van der Waals surface area contributed by atoms with Crippen molar-refractivity contribution in [2.45, 2.75) is 38.8 Å². The minimum Gasteiger partial charge on any atom is -0.493 e. The molecule has 0 radical (unpaired) electrons. The molecule has 1 amide bonds. The normalized spacial score (nSPS) is 13.0. The Hall–Kier alpha value is -3.50. The summed E-state index contributed by atoms with van der Waals surface area (Å²) in [6, 6.07) is 13.3. The van der Waals surface area contributed by atoms with E-state index in [0.717, 1.165) is 51.7 Å². The van der Waals surface area contributed by atoms with Gasteiger partial charge in [0, 0.05) is 9.35 Å². The van der Waals surface area contributed by atoms with Crippen LogP contribution in [-0.2, 0) is 30.8 Å². The fourth-order valence-corrected chi connectivity index (χ4v) is 5.77. The summed E-state index contributed by atoms with van der Waals surface area (Å²) in [5.74, 6) is 0.743. The van der Waals surface area contributed by atoms with Crippen molar-refractivity contribution >= 4 is 49.6 Å². The fraction of sp³-hybridized carbons (Fsp3) is 0.259. The van der Waals surface area contributed by atoms with Gasteiger partial charge in [0.05, 0.1) is 25.0 Å². The summed E-state index contributed by atoms with van der Waals surface area (Å²) >= 11 is 5.01. The molecule has 0 fully saturated rings. The number of amides is 1. The number of benzene rings is 2. The van der Waals surface area contributed by atoms with Crippen molar-refractivity contribution in [3.05, 3.63) is 85.2 Å². The highest BCUT2D eigenvalue weighted by Crippen LogP contribution is 2.33. The third-order valence-corrected chi connectivity index (χ3v) is 7.88. The molecule has 0 saturated carbocycles. The van der Waals surface area contributed by atoms with Gasteiger partial charge in [-0.15, -0.1) is 11.3 Å². The number of ether oxygens (including phenoxy) is 2. The molecule has 1 aliphatic carbocycles. The zero-order chi connectivity index (χ0) is 25.8. The highest BCUT2D eigenvalue weighted by molar-refractivity contribution is 9.10. The molecule has 2 aromatic carbocycles. The van der Waals surface area contributed by atoms with Gasteiger partial charge >= 0.3 is 0 Å². The van der Waals surface area contributed by atoms with E-state index < -0.39 is 5.91 Å². The summed E-state index contributed by atoms with van der Waals surface area (Å²) in [4.78, 5) is 31.9. The Balaban J connectivity index is 1.21. The van der Waals surface area contributed by atoms with E-state index in [1.807, 2.05) is 30.3 Å². The van der Waals surface area contributed by atoms with Gasteiger partial charge in [-0.25, -0.2) is 10.4 Å². The lowest BCUT2D eigenvalue weighted by molar-refractivity contribution is -0.121.